The highest BCUT2D eigenvalue weighted by Gasteiger charge is 2.31. The Kier molecular flexibility index (Phi) is 4.33. The summed E-state index contributed by atoms with van der Waals surface area (Å²) in [6.07, 6.45) is -2.33. The SMILES string of the molecule is FC(F)(F)c1cccc([C@H]2CC[C@@H](CBr)OC2)c1. The van der Waals surface area contributed by atoms with Crippen molar-refractivity contribution in [2.45, 2.75) is 31.0 Å². The molecule has 2 rings (SSSR count). The third-order valence-corrected chi connectivity index (χ3v) is 3.95. The summed E-state index contributed by atoms with van der Waals surface area (Å²) in [5.41, 5.74) is 0.139. The summed E-state index contributed by atoms with van der Waals surface area (Å²) >= 11 is 3.35. The van der Waals surface area contributed by atoms with E-state index in [1.165, 1.54) is 12.1 Å². The minimum atomic E-state index is -4.27. The lowest BCUT2D eigenvalue weighted by Gasteiger charge is -2.28. The maximum atomic E-state index is 12.6. The molecule has 100 valence electrons. The van der Waals surface area contributed by atoms with E-state index in [-0.39, 0.29) is 12.0 Å². The third kappa shape index (κ3) is 3.26. The zero-order valence-electron chi connectivity index (χ0n) is 9.71. The van der Waals surface area contributed by atoms with Crippen molar-refractivity contribution in [3.8, 4) is 0 Å². The Hall–Kier alpha value is -0.550. The second-order valence-corrected chi connectivity index (χ2v) is 5.15. The quantitative estimate of drug-likeness (QED) is 0.735. The fraction of sp³-hybridized carbons (Fsp3) is 0.538. The van der Waals surface area contributed by atoms with Crippen LogP contribution in [-0.2, 0) is 10.9 Å². The first-order valence-corrected chi connectivity index (χ1v) is 6.97. The number of halogens is 4. The zero-order chi connectivity index (χ0) is 13.2. The molecule has 0 unspecified atom stereocenters. The molecular formula is C13H14BrF3O. The van der Waals surface area contributed by atoms with Gasteiger partial charge >= 0.3 is 6.18 Å². The van der Waals surface area contributed by atoms with E-state index in [2.05, 4.69) is 15.9 Å². The summed E-state index contributed by atoms with van der Waals surface area (Å²) in [6, 6.07) is 5.56. The van der Waals surface area contributed by atoms with Crippen LogP contribution in [0.1, 0.15) is 29.9 Å². The molecule has 1 aromatic rings. The van der Waals surface area contributed by atoms with Crippen molar-refractivity contribution < 1.29 is 17.9 Å². The maximum Gasteiger partial charge on any atom is 0.416 e. The van der Waals surface area contributed by atoms with Gasteiger partial charge in [0.05, 0.1) is 18.3 Å². The molecule has 0 aromatic heterocycles. The van der Waals surface area contributed by atoms with Gasteiger partial charge in [-0.1, -0.05) is 34.1 Å². The Labute approximate surface area is 112 Å². The number of ether oxygens (including phenoxy) is 1. The van der Waals surface area contributed by atoms with Gasteiger partial charge in [0.25, 0.3) is 0 Å². The molecule has 0 radical (unpaired) electrons. The molecule has 0 spiro atoms. The Bertz CT molecular complexity index is 397. The summed E-state index contributed by atoms with van der Waals surface area (Å²) < 4.78 is 43.4. The summed E-state index contributed by atoms with van der Waals surface area (Å²) in [5, 5.41) is 0.780. The number of benzene rings is 1. The summed E-state index contributed by atoms with van der Waals surface area (Å²) in [4.78, 5) is 0. The molecule has 1 heterocycles. The summed E-state index contributed by atoms with van der Waals surface area (Å²) in [6.45, 7) is 0.498. The van der Waals surface area contributed by atoms with E-state index in [1.807, 2.05) is 0 Å². The van der Waals surface area contributed by atoms with E-state index in [4.69, 9.17) is 4.74 Å². The molecule has 1 aliphatic rings. The molecule has 2 atom stereocenters. The van der Waals surface area contributed by atoms with Crippen LogP contribution in [0.4, 0.5) is 13.2 Å². The van der Waals surface area contributed by atoms with Crippen molar-refractivity contribution in [2.75, 3.05) is 11.9 Å². The van der Waals surface area contributed by atoms with Crippen LogP contribution in [0.2, 0.25) is 0 Å². The fourth-order valence-electron chi connectivity index (χ4n) is 2.16. The van der Waals surface area contributed by atoms with E-state index in [0.29, 0.717) is 6.61 Å². The van der Waals surface area contributed by atoms with Crippen molar-refractivity contribution in [1.29, 1.82) is 0 Å². The molecular weight excluding hydrogens is 309 g/mol. The van der Waals surface area contributed by atoms with Crippen LogP contribution in [0.3, 0.4) is 0 Å². The standard InChI is InChI=1S/C13H14BrF3O/c14-7-12-5-4-10(8-18-12)9-2-1-3-11(6-9)13(15,16)17/h1-3,6,10,12H,4-5,7-8H2/t10-,12-/m0/s1. The third-order valence-electron chi connectivity index (χ3n) is 3.23. The van der Waals surface area contributed by atoms with Crippen molar-refractivity contribution in [3.63, 3.8) is 0 Å². The second kappa shape index (κ2) is 5.61. The van der Waals surface area contributed by atoms with E-state index in [0.717, 1.165) is 29.8 Å². The Morgan fingerprint density at radius 3 is 2.61 bits per heavy atom. The number of alkyl halides is 4. The lowest BCUT2D eigenvalue weighted by molar-refractivity contribution is -0.137. The zero-order valence-corrected chi connectivity index (χ0v) is 11.3. The molecule has 1 fully saturated rings. The lowest BCUT2D eigenvalue weighted by Crippen LogP contribution is -2.25. The topological polar surface area (TPSA) is 9.23 Å². The smallest absolute Gasteiger partial charge is 0.377 e. The van der Waals surface area contributed by atoms with Gasteiger partial charge in [-0.05, 0) is 24.5 Å². The molecule has 1 aromatic carbocycles. The summed E-state index contributed by atoms with van der Waals surface area (Å²) in [7, 11) is 0. The Balaban J connectivity index is 2.10. The average molecular weight is 323 g/mol. The first-order chi connectivity index (χ1) is 8.50. The van der Waals surface area contributed by atoms with Crippen molar-refractivity contribution >= 4 is 15.9 Å². The van der Waals surface area contributed by atoms with Crippen LogP contribution in [0.15, 0.2) is 24.3 Å². The molecule has 1 nitrogen and oxygen atoms in total. The minimum absolute atomic E-state index is 0.0719. The van der Waals surface area contributed by atoms with Crippen LogP contribution in [0.25, 0.3) is 0 Å². The van der Waals surface area contributed by atoms with Gasteiger partial charge in [-0.25, -0.2) is 0 Å². The summed E-state index contributed by atoms with van der Waals surface area (Å²) in [5.74, 6) is 0.0719. The van der Waals surface area contributed by atoms with Gasteiger partial charge < -0.3 is 4.74 Å². The first kappa shape index (κ1) is 13.9. The minimum Gasteiger partial charge on any atom is -0.377 e. The Morgan fingerprint density at radius 2 is 2.06 bits per heavy atom. The maximum absolute atomic E-state index is 12.6. The van der Waals surface area contributed by atoms with Gasteiger partial charge in [0.15, 0.2) is 0 Å². The molecule has 1 saturated heterocycles. The van der Waals surface area contributed by atoms with Gasteiger partial charge in [-0.3, -0.25) is 0 Å². The molecule has 0 amide bonds. The van der Waals surface area contributed by atoms with Crippen LogP contribution in [-0.4, -0.2) is 18.0 Å². The molecule has 0 N–H and O–H groups in total. The van der Waals surface area contributed by atoms with Crippen molar-refractivity contribution in [1.82, 2.24) is 0 Å². The van der Waals surface area contributed by atoms with Crippen molar-refractivity contribution in [3.05, 3.63) is 35.4 Å². The van der Waals surface area contributed by atoms with Gasteiger partial charge in [0.2, 0.25) is 0 Å². The van der Waals surface area contributed by atoms with Crippen LogP contribution < -0.4 is 0 Å². The van der Waals surface area contributed by atoms with Crippen molar-refractivity contribution in [2.24, 2.45) is 0 Å². The number of hydrogen-bond acceptors (Lipinski definition) is 1. The monoisotopic (exact) mass is 322 g/mol. The fourth-order valence-corrected chi connectivity index (χ4v) is 2.67. The van der Waals surface area contributed by atoms with Gasteiger partial charge in [-0.15, -0.1) is 0 Å². The first-order valence-electron chi connectivity index (χ1n) is 5.85. The average Bonchev–Trinajstić information content (AvgIpc) is 2.38. The molecule has 0 bridgehead atoms. The van der Waals surface area contributed by atoms with Gasteiger partial charge in [-0.2, -0.15) is 13.2 Å². The van der Waals surface area contributed by atoms with Gasteiger partial charge in [0.1, 0.15) is 0 Å². The largest absolute Gasteiger partial charge is 0.416 e. The number of rotatable bonds is 2. The predicted octanol–water partition coefficient (Wildman–Crippen LogP) is 4.36. The molecule has 0 aliphatic carbocycles. The molecule has 0 saturated carbocycles. The molecule has 18 heavy (non-hydrogen) atoms. The second-order valence-electron chi connectivity index (χ2n) is 4.51. The van der Waals surface area contributed by atoms with E-state index >= 15 is 0 Å². The lowest BCUT2D eigenvalue weighted by atomic mass is 9.91. The Morgan fingerprint density at radius 1 is 1.28 bits per heavy atom. The van der Waals surface area contributed by atoms with E-state index < -0.39 is 11.7 Å². The van der Waals surface area contributed by atoms with Gasteiger partial charge in [0, 0.05) is 11.2 Å². The van der Waals surface area contributed by atoms with Crippen LogP contribution in [0, 0.1) is 0 Å². The van der Waals surface area contributed by atoms with E-state index in [1.54, 1.807) is 6.07 Å². The van der Waals surface area contributed by atoms with Crippen LogP contribution in [0.5, 0.6) is 0 Å². The van der Waals surface area contributed by atoms with E-state index in [9.17, 15) is 13.2 Å². The highest BCUT2D eigenvalue weighted by Crippen LogP contribution is 2.34. The number of hydrogen-bond donors (Lipinski definition) is 0. The molecule has 5 heteroatoms. The highest BCUT2D eigenvalue weighted by molar-refractivity contribution is 9.09. The predicted molar refractivity (Wildman–Crippen MR) is 67.0 cm³/mol. The highest BCUT2D eigenvalue weighted by atomic mass is 79.9. The molecule has 1 aliphatic heterocycles. The normalized spacial score (nSPS) is 25.1. The van der Waals surface area contributed by atoms with Crippen LogP contribution >= 0.6 is 15.9 Å².